The quantitative estimate of drug-likeness (QED) is 0.424. The average Bonchev–Trinajstić information content (AvgIpc) is 3.11. The van der Waals surface area contributed by atoms with Gasteiger partial charge in [-0.3, -0.25) is 4.79 Å². The van der Waals surface area contributed by atoms with Crippen LogP contribution in [0.5, 0.6) is 5.75 Å². The summed E-state index contributed by atoms with van der Waals surface area (Å²) in [5.74, 6) is 0.812. The maximum atomic E-state index is 11.8. The van der Waals surface area contributed by atoms with Crippen molar-refractivity contribution in [2.75, 3.05) is 0 Å². The van der Waals surface area contributed by atoms with Crippen LogP contribution in [0.4, 0.5) is 0 Å². The lowest BCUT2D eigenvalue weighted by molar-refractivity contribution is 0.111. The summed E-state index contributed by atoms with van der Waals surface area (Å²) in [7, 11) is 0. The number of carbonyl (C=O) groups is 1. The van der Waals surface area contributed by atoms with E-state index in [1.807, 2.05) is 65.2 Å². The molecule has 3 heteroatoms. The van der Waals surface area contributed by atoms with Gasteiger partial charge in [0.05, 0.1) is 5.69 Å². The van der Waals surface area contributed by atoms with Crippen molar-refractivity contribution in [2.45, 2.75) is 20.0 Å². The van der Waals surface area contributed by atoms with Gasteiger partial charge in [-0.2, -0.15) is 0 Å². The molecule has 0 amide bonds. The van der Waals surface area contributed by atoms with E-state index in [-0.39, 0.29) is 0 Å². The van der Waals surface area contributed by atoms with Gasteiger partial charge >= 0.3 is 0 Å². The van der Waals surface area contributed by atoms with E-state index in [0.717, 1.165) is 40.7 Å². The van der Waals surface area contributed by atoms with E-state index < -0.39 is 0 Å². The zero-order valence-electron chi connectivity index (χ0n) is 15.3. The van der Waals surface area contributed by atoms with Crippen molar-refractivity contribution in [3.8, 4) is 16.9 Å². The second-order valence-corrected chi connectivity index (χ2v) is 6.55. The maximum Gasteiger partial charge on any atom is 0.167 e. The Labute approximate surface area is 158 Å². The maximum absolute atomic E-state index is 11.8. The van der Waals surface area contributed by atoms with Gasteiger partial charge in [0, 0.05) is 17.3 Å². The number of aryl methyl sites for hydroxylation is 1. The number of benzene rings is 2. The number of hydrogen-bond acceptors (Lipinski definition) is 2. The molecule has 0 N–H and O–H groups in total. The molecule has 4 aromatic rings. The van der Waals surface area contributed by atoms with E-state index in [0.29, 0.717) is 12.3 Å². The van der Waals surface area contributed by atoms with Crippen LogP contribution in [0.15, 0.2) is 79.0 Å². The van der Waals surface area contributed by atoms with E-state index in [4.69, 9.17) is 4.74 Å². The molecule has 0 aliphatic rings. The fraction of sp³-hybridized carbons (Fsp3) is 0.125. The number of rotatable bonds is 6. The zero-order valence-corrected chi connectivity index (χ0v) is 15.3. The van der Waals surface area contributed by atoms with Crippen molar-refractivity contribution in [1.29, 1.82) is 0 Å². The number of carbonyl (C=O) groups excluding carboxylic acids is 1. The Balaban J connectivity index is 1.61. The molecule has 0 radical (unpaired) electrons. The Kier molecular flexibility index (Phi) is 4.75. The molecular weight excluding hydrogens is 334 g/mol. The largest absolute Gasteiger partial charge is 0.489 e. The fourth-order valence-electron chi connectivity index (χ4n) is 3.27. The molecule has 2 aromatic heterocycles. The molecule has 3 nitrogen and oxygen atoms in total. The van der Waals surface area contributed by atoms with Crippen molar-refractivity contribution >= 4 is 11.8 Å². The molecule has 0 bridgehead atoms. The highest BCUT2D eigenvalue weighted by Gasteiger charge is 2.12. The molecule has 0 saturated heterocycles. The molecule has 0 aliphatic heterocycles. The van der Waals surface area contributed by atoms with Crippen LogP contribution < -0.4 is 4.74 Å². The summed E-state index contributed by atoms with van der Waals surface area (Å²) in [6.45, 7) is 2.65. The van der Waals surface area contributed by atoms with Crippen LogP contribution >= 0.6 is 0 Å². The van der Waals surface area contributed by atoms with Crippen LogP contribution in [0, 0.1) is 0 Å². The van der Waals surface area contributed by atoms with Crippen molar-refractivity contribution in [3.63, 3.8) is 0 Å². The molecule has 0 fully saturated rings. The summed E-state index contributed by atoms with van der Waals surface area (Å²) in [6, 6.07) is 24.2. The highest BCUT2D eigenvalue weighted by molar-refractivity contribution is 5.90. The highest BCUT2D eigenvalue weighted by Crippen LogP contribution is 2.29. The lowest BCUT2D eigenvalue weighted by Gasteiger charge is -2.07. The normalized spacial score (nSPS) is 10.9. The second kappa shape index (κ2) is 7.50. The van der Waals surface area contributed by atoms with Gasteiger partial charge in [-0.25, -0.2) is 0 Å². The van der Waals surface area contributed by atoms with Crippen LogP contribution in [0.2, 0.25) is 0 Å². The van der Waals surface area contributed by atoms with Gasteiger partial charge in [-0.15, -0.1) is 0 Å². The minimum Gasteiger partial charge on any atom is -0.489 e. The monoisotopic (exact) mass is 355 g/mol. The van der Waals surface area contributed by atoms with Gasteiger partial charge in [0.15, 0.2) is 6.29 Å². The lowest BCUT2D eigenvalue weighted by Crippen LogP contribution is -1.95. The topological polar surface area (TPSA) is 30.7 Å². The molecule has 0 atom stereocenters. The van der Waals surface area contributed by atoms with Crippen molar-refractivity contribution in [3.05, 3.63) is 95.8 Å². The van der Waals surface area contributed by atoms with Gasteiger partial charge < -0.3 is 9.14 Å². The van der Waals surface area contributed by atoms with Gasteiger partial charge in [-0.1, -0.05) is 55.5 Å². The predicted molar refractivity (Wildman–Crippen MR) is 108 cm³/mol. The number of ether oxygens (including phenoxy) is 1. The van der Waals surface area contributed by atoms with Crippen LogP contribution in [0.3, 0.4) is 0 Å². The number of fused-ring (bicyclic) bond motifs is 1. The molecule has 2 heterocycles. The number of aldehydes is 1. The van der Waals surface area contributed by atoms with Crippen LogP contribution in [0.25, 0.3) is 16.6 Å². The van der Waals surface area contributed by atoms with Crippen LogP contribution in [-0.2, 0) is 13.0 Å². The van der Waals surface area contributed by atoms with Crippen LogP contribution in [-0.4, -0.2) is 10.7 Å². The summed E-state index contributed by atoms with van der Waals surface area (Å²) < 4.78 is 7.83. The first-order valence-electron chi connectivity index (χ1n) is 9.15. The van der Waals surface area contributed by atoms with Crippen LogP contribution in [0.1, 0.15) is 28.5 Å². The number of nitrogens with zero attached hydrogens (tertiary/aromatic N) is 1. The number of hydrogen-bond donors (Lipinski definition) is 0. The Bertz CT molecular complexity index is 1060. The molecule has 0 unspecified atom stereocenters. The molecule has 0 aliphatic carbocycles. The van der Waals surface area contributed by atoms with Crippen molar-refractivity contribution < 1.29 is 9.53 Å². The van der Waals surface area contributed by atoms with E-state index in [9.17, 15) is 4.79 Å². The van der Waals surface area contributed by atoms with E-state index >= 15 is 0 Å². The Morgan fingerprint density at radius 2 is 1.70 bits per heavy atom. The molecule has 0 saturated carbocycles. The molecule has 4 rings (SSSR count). The fourth-order valence-corrected chi connectivity index (χ4v) is 3.27. The Hall–Kier alpha value is -3.33. The van der Waals surface area contributed by atoms with Gasteiger partial charge in [0.25, 0.3) is 0 Å². The first kappa shape index (κ1) is 17.1. The van der Waals surface area contributed by atoms with Crippen molar-refractivity contribution in [1.82, 2.24) is 4.40 Å². The number of pyridine rings is 1. The third-order valence-corrected chi connectivity index (χ3v) is 4.80. The van der Waals surface area contributed by atoms with E-state index in [1.54, 1.807) is 0 Å². The average molecular weight is 355 g/mol. The third kappa shape index (κ3) is 3.49. The molecule has 27 heavy (non-hydrogen) atoms. The summed E-state index contributed by atoms with van der Waals surface area (Å²) in [4.78, 5) is 11.8. The Morgan fingerprint density at radius 3 is 2.41 bits per heavy atom. The van der Waals surface area contributed by atoms with E-state index in [2.05, 4.69) is 25.1 Å². The smallest absolute Gasteiger partial charge is 0.167 e. The Morgan fingerprint density at radius 1 is 0.926 bits per heavy atom. The third-order valence-electron chi connectivity index (χ3n) is 4.80. The van der Waals surface area contributed by atoms with Gasteiger partial charge in [0.1, 0.15) is 12.4 Å². The van der Waals surface area contributed by atoms with Gasteiger partial charge in [0.2, 0.25) is 0 Å². The summed E-state index contributed by atoms with van der Waals surface area (Å²) in [5, 5.41) is 0. The molecular formula is C24H21NO2. The standard InChI is InChI=1S/C24H21NO2/c1-2-18-8-11-21-14-23(24(16-26)25(21)15-18)20-9-12-22(13-10-20)27-17-19-6-4-3-5-7-19/h3-16H,2,17H2,1H3. The number of aromatic nitrogens is 1. The minimum absolute atomic E-state index is 0.537. The first-order chi connectivity index (χ1) is 13.3. The lowest BCUT2D eigenvalue weighted by atomic mass is 10.1. The highest BCUT2D eigenvalue weighted by atomic mass is 16.5. The zero-order chi connectivity index (χ0) is 18.6. The minimum atomic E-state index is 0.537. The second-order valence-electron chi connectivity index (χ2n) is 6.55. The summed E-state index contributed by atoms with van der Waals surface area (Å²) in [6.07, 6.45) is 3.91. The summed E-state index contributed by atoms with van der Waals surface area (Å²) >= 11 is 0. The summed E-state index contributed by atoms with van der Waals surface area (Å²) in [5.41, 5.74) is 5.98. The molecule has 134 valence electrons. The van der Waals surface area contributed by atoms with E-state index in [1.165, 1.54) is 5.56 Å². The first-order valence-corrected chi connectivity index (χ1v) is 9.15. The van der Waals surface area contributed by atoms with Gasteiger partial charge in [-0.05, 0) is 47.4 Å². The molecule has 0 spiro atoms. The van der Waals surface area contributed by atoms with Crippen molar-refractivity contribution in [2.24, 2.45) is 0 Å². The predicted octanol–water partition coefficient (Wildman–Crippen LogP) is 5.56. The SMILES string of the molecule is CCc1ccc2cc(-c3ccc(OCc4ccccc4)cc3)c(C=O)n2c1. The molecule has 2 aromatic carbocycles.